The van der Waals surface area contributed by atoms with Crippen molar-refractivity contribution >= 4 is 27.9 Å². The second-order valence-electron chi connectivity index (χ2n) is 7.20. The van der Waals surface area contributed by atoms with Crippen molar-refractivity contribution in [1.29, 1.82) is 0 Å². The third-order valence-electron chi connectivity index (χ3n) is 5.18. The van der Waals surface area contributed by atoms with Crippen molar-refractivity contribution in [3.8, 4) is 11.3 Å². The number of nitrogens with two attached hydrogens (primary N) is 1. The molecule has 1 aliphatic rings. The lowest BCUT2D eigenvalue weighted by Crippen LogP contribution is -2.18. The van der Waals surface area contributed by atoms with E-state index >= 15 is 0 Å². The quantitative estimate of drug-likeness (QED) is 0.529. The summed E-state index contributed by atoms with van der Waals surface area (Å²) in [6.45, 7) is 5.38. The molecular formula is C20H22N6. The van der Waals surface area contributed by atoms with Gasteiger partial charge in [0, 0.05) is 28.7 Å². The predicted octanol–water partition coefficient (Wildman–Crippen LogP) is 3.59. The average molecular weight is 346 g/mol. The third-order valence-corrected chi connectivity index (χ3v) is 5.18. The fourth-order valence-corrected chi connectivity index (χ4v) is 3.96. The zero-order chi connectivity index (χ0) is 17.7. The maximum absolute atomic E-state index is 6.00. The molecule has 1 aromatic carbocycles. The average Bonchev–Trinajstić information content (AvgIpc) is 3.32. The monoisotopic (exact) mass is 346 g/mol. The van der Waals surface area contributed by atoms with Crippen LogP contribution in [0.2, 0.25) is 0 Å². The van der Waals surface area contributed by atoms with Gasteiger partial charge in [-0.15, -0.1) is 0 Å². The van der Waals surface area contributed by atoms with E-state index < -0.39 is 0 Å². The summed E-state index contributed by atoms with van der Waals surface area (Å²) < 4.78 is 0. The van der Waals surface area contributed by atoms with Crippen LogP contribution in [0, 0.1) is 6.92 Å². The topological polar surface area (TPSA) is 86.6 Å². The fourth-order valence-electron chi connectivity index (χ4n) is 3.96. The molecule has 6 heteroatoms. The Morgan fingerprint density at radius 1 is 1.08 bits per heavy atom. The van der Waals surface area contributed by atoms with E-state index in [1.54, 1.807) is 0 Å². The molecule has 0 saturated carbocycles. The van der Waals surface area contributed by atoms with E-state index in [9.17, 15) is 0 Å². The van der Waals surface area contributed by atoms with Gasteiger partial charge < -0.3 is 15.7 Å². The van der Waals surface area contributed by atoms with Gasteiger partial charge in [-0.3, -0.25) is 4.90 Å². The zero-order valence-corrected chi connectivity index (χ0v) is 14.8. The third kappa shape index (κ3) is 2.63. The van der Waals surface area contributed by atoms with Gasteiger partial charge in [-0.05, 0) is 62.7 Å². The van der Waals surface area contributed by atoms with Crippen molar-refractivity contribution in [2.24, 2.45) is 0 Å². The minimum Gasteiger partial charge on any atom is -0.384 e. The number of H-pyrrole nitrogens is 2. The highest BCUT2D eigenvalue weighted by Crippen LogP contribution is 2.31. The molecule has 3 aromatic heterocycles. The SMILES string of the molecule is Cc1nc2nc(N)cc(-c3cc4cc(CN5CCCC5)ccc4[nH]3)c2[nH]1. The number of nitrogen functional groups attached to an aromatic ring is 1. The molecule has 0 unspecified atom stereocenters. The fraction of sp³-hybridized carbons (Fsp3) is 0.300. The predicted molar refractivity (Wildman–Crippen MR) is 105 cm³/mol. The van der Waals surface area contributed by atoms with Crippen molar-refractivity contribution in [2.45, 2.75) is 26.3 Å². The molecule has 0 amide bonds. The first-order chi connectivity index (χ1) is 12.7. The van der Waals surface area contributed by atoms with Gasteiger partial charge in [-0.1, -0.05) is 6.07 Å². The van der Waals surface area contributed by atoms with Crippen LogP contribution in [-0.4, -0.2) is 37.9 Å². The molecule has 132 valence electrons. The molecule has 0 atom stereocenters. The van der Waals surface area contributed by atoms with E-state index in [-0.39, 0.29) is 0 Å². The van der Waals surface area contributed by atoms with Crippen LogP contribution in [0.5, 0.6) is 0 Å². The minimum atomic E-state index is 0.479. The molecule has 1 fully saturated rings. The molecule has 4 aromatic rings. The first kappa shape index (κ1) is 15.4. The molecule has 6 nitrogen and oxygen atoms in total. The van der Waals surface area contributed by atoms with Crippen LogP contribution in [0.25, 0.3) is 33.3 Å². The number of aryl methyl sites for hydroxylation is 1. The van der Waals surface area contributed by atoms with Crippen LogP contribution in [0.3, 0.4) is 0 Å². The lowest BCUT2D eigenvalue weighted by molar-refractivity contribution is 0.331. The van der Waals surface area contributed by atoms with E-state index in [1.807, 2.05) is 13.0 Å². The number of benzene rings is 1. The van der Waals surface area contributed by atoms with Crippen molar-refractivity contribution in [1.82, 2.24) is 24.8 Å². The Balaban J connectivity index is 1.57. The highest BCUT2D eigenvalue weighted by atomic mass is 15.1. The van der Waals surface area contributed by atoms with E-state index in [4.69, 9.17) is 5.73 Å². The van der Waals surface area contributed by atoms with Gasteiger partial charge in [0.2, 0.25) is 0 Å². The van der Waals surface area contributed by atoms with Gasteiger partial charge in [0.15, 0.2) is 5.65 Å². The number of anilines is 1. The second kappa shape index (κ2) is 5.85. The van der Waals surface area contributed by atoms with Crippen molar-refractivity contribution < 1.29 is 0 Å². The number of nitrogens with one attached hydrogen (secondary N) is 2. The molecule has 4 N–H and O–H groups in total. The maximum Gasteiger partial charge on any atom is 0.180 e. The summed E-state index contributed by atoms with van der Waals surface area (Å²) in [6, 6.07) is 10.8. The molecule has 0 spiro atoms. The number of hydrogen-bond donors (Lipinski definition) is 3. The largest absolute Gasteiger partial charge is 0.384 e. The van der Waals surface area contributed by atoms with Crippen LogP contribution < -0.4 is 5.73 Å². The molecule has 26 heavy (non-hydrogen) atoms. The highest BCUT2D eigenvalue weighted by molar-refractivity contribution is 5.95. The minimum absolute atomic E-state index is 0.479. The molecule has 4 heterocycles. The normalized spacial score (nSPS) is 15.4. The Morgan fingerprint density at radius 2 is 1.92 bits per heavy atom. The lowest BCUT2D eigenvalue weighted by Gasteiger charge is -2.14. The Labute approximate surface area is 151 Å². The van der Waals surface area contributed by atoms with E-state index in [2.05, 4.69) is 49.1 Å². The number of pyridine rings is 1. The standard InChI is InChI=1S/C20H22N6/c1-12-22-19-15(10-18(21)25-20(19)23-12)17-9-14-8-13(4-5-16(14)24-17)11-26-6-2-3-7-26/h4-5,8-10,24H,2-3,6-7,11H2,1H3,(H3,21,22,23,25). The summed E-state index contributed by atoms with van der Waals surface area (Å²) in [5.74, 6) is 1.32. The molecule has 0 bridgehead atoms. The van der Waals surface area contributed by atoms with Crippen LogP contribution >= 0.6 is 0 Å². The number of nitrogens with zero attached hydrogens (tertiary/aromatic N) is 3. The van der Waals surface area contributed by atoms with Crippen molar-refractivity contribution in [3.05, 3.63) is 41.7 Å². The van der Waals surface area contributed by atoms with Crippen molar-refractivity contribution in [3.63, 3.8) is 0 Å². The van der Waals surface area contributed by atoms with Crippen LogP contribution in [0.1, 0.15) is 24.2 Å². The molecule has 5 rings (SSSR count). The summed E-state index contributed by atoms with van der Waals surface area (Å²) in [6.07, 6.45) is 2.64. The molecule has 1 aliphatic heterocycles. The van der Waals surface area contributed by atoms with Crippen molar-refractivity contribution in [2.75, 3.05) is 18.8 Å². The number of aromatic amines is 2. The Morgan fingerprint density at radius 3 is 2.77 bits per heavy atom. The van der Waals surface area contributed by atoms with Crippen LogP contribution in [-0.2, 0) is 6.54 Å². The summed E-state index contributed by atoms with van der Waals surface area (Å²) in [4.78, 5) is 18.1. The van der Waals surface area contributed by atoms with Gasteiger partial charge in [0.1, 0.15) is 11.6 Å². The number of aromatic nitrogens is 4. The molecule has 0 aliphatic carbocycles. The number of imidazole rings is 1. The number of hydrogen-bond acceptors (Lipinski definition) is 4. The number of fused-ring (bicyclic) bond motifs is 2. The molecular weight excluding hydrogens is 324 g/mol. The smallest absolute Gasteiger partial charge is 0.180 e. The van der Waals surface area contributed by atoms with Gasteiger partial charge in [-0.25, -0.2) is 9.97 Å². The van der Waals surface area contributed by atoms with Gasteiger partial charge in [-0.2, -0.15) is 0 Å². The van der Waals surface area contributed by atoms with E-state index in [1.165, 1.54) is 36.9 Å². The highest BCUT2D eigenvalue weighted by Gasteiger charge is 2.14. The van der Waals surface area contributed by atoms with E-state index in [0.29, 0.717) is 11.5 Å². The summed E-state index contributed by atoms with van der Waals surface area (Å²) >= 11 is 0. The van der Waals surface area contributed by atoms with Gasteiger partial charge in [0.05, 0.1) is 5.52 Å². The number of rotatable bonds is 3. The maximum atomic E-state index is 6.00. The zero-order valence-electron chi connectivity index (χ0n) is 14.8. The van der Waals surface area contributed by atoms with Gasteiger partial charge in [0.25, 0.3) is 0 Å². The summed E-state index contributed by atoms with van der Waals surface area (Å²) in [5, 5.41) is 1.22. The first-order valence-electron chi connectivity index (χ1n) is 9.13. The summed E-state index contributed by atoms with van der Waals surface area (Å²) in [5.41, 5.74) is 12.1. The Kier molecular flexibility index (Phi) is 3.46. The Bertz CT molecular complexity index is 1100. The lowest BCUT2D eigenvalue weighted by atomic mass is 10.1. The van der Waals surface area contributed by atoms with E-state index in [0.717, 1.165) is 34.7 Å². The molecule has 0 radical (unpaired) electrons. The number of likely N-dealkylation sites (tertiary alicyclic amines) is 1. The van der Waals surface area contributed by atoms with Crippen LogP contribution in [0.15, 0.2) is 30.3 Å². The molecule has 1 saturated heterocycles. The first-order valence-corrected chi connectivity index (χ1v) is 9.13. The van der Waals surface area contributed by atoms with Gasteiger partial charge >= 0.3 is 0 Å². The summed E-state index contributed by atoms with van der Waals surface area (Å²) in [7, 11) is 0. The second-order valence-corrected chi connectivity index (χ2v) is 7.20. The Hall–Kier alpha value is -2.86. The van der Waals surface area contributed by atoms with Crippen LogP contribution in [0.4, 0.5) is 5.82 Å².